The maximum atomic E-state index is 5.93. The van der Waals surface area contributed by atoms with E-state index in [1.54, 1.807) is 0 Å². The topological polar surface area (TPSA) is 21.3 Å². The maximum absolute atomic E-state index is 5.93. The maximum Gasteiger partial charge on any atom is 0.119 e. The molecule has 0 aliphatic heterocycles. The average Bonchev–Trinajstić information content (AvgIpc) is 2.27. The van der Waals surface area contributed by atoms with Crippen LogP contribution in [0.1, 0.15) is 46.6 Å². The Bertz CT molecular complexity index is 354. The minimum atomic E-state index is 0.182. The molecule has 0 bridgehead atoms. The lowest BCUT2D eigenvalue weighted by Gasteiger charge is -2.22. The van der Waals surface area contributed by atoms with Gasteiger partial charge < -0.3 is 10.1 Å². The Kier molecular flexibility index (Phi) is 5.67. The lowest BCUT2D eigenvalue weighted by molar-refractivity contribution is 0.205. The van der Waals surface area contributed by atoms with E-state index in [0.717, 1.165) is 25.1 Å². The minimum Gasteiger partial charge on any atom is -0.491 e. The highest BCUT2D eigenvalue weighted by atomic mass is 16.5. The Balaban J connectivity index is 2.37. The van der Waals surface area contributed by atoms with Crippen LogP contribution in [0.2, 0.25) is 0 Å². The molecule has 2 nitrogen and oxygen atoms in total. The molecule has 0 fully saturated rings. The zero-order valence-corrected chi connectivity index (χ0v) is 12.4. The van der Waals surface area contributed by atoms with Crippen molar-refractivity contribution in [3.63, 3.8) is 0 Å². The highest BCUT2D eigenvalue weighted by Gasteiger charge is 2.10. The Morgan fingerprint density at radius 3 is 2.61 bits per heavy atom. The Morgan fingerprint density at radius 2 is 2.00 bits per heavy atom. The second kappa shape index (κ2) is 6.79. The zero-order chi connectivity index (χ0) is 13.6. The molecule has 1 unspecified atom stereocenters. The summed E-state index contributed by atoms with van der Waals surface area (Å²) in [5.41, 5.74) is 1.51. The van der Waals surface area contributed by atoms with Crippen LogP contribution in [0.5, 0.6) is 5.75 Å². The number of aryl methyl sites for hydroxylation is 1. The molecule has 0 aliphatic carbocycles. The van der Waals surface area contributed by atoms with Gasteiger partial charge in [-0.25, -0.2) is 0 Å². The van der Waals surface area contributed by atoms with Crippen molar-refractivity contribution >= 4 is 0 Å². The average molecular weight is 249 g/mol. The molecule has 102 valence electrons. The van der Waals surface area contributed by atoms with Crippen LogP contribution in [-0.4, -0.2) is 18.2 Å². The summed E-state index contributed by atoms with van der Waals surface area (Å²) in [5, 5.41) is 3.48. The monoisotopic (exact) mass is 249 g/mol. The van der Waals surface area contributed by atoms with Crippen LogP contribution < -0.4 is 10.1 Å². The van der Waals surface area contributed by atoms with Crippen LogP contribution in [0.25, 0.3) is 0 Å². The third-order valence-corrected chi connectivity index (χ3v) is 2.85. The first kappa shape index (κ1) is 15.0. The summed E-state index contributed by atoms with van der Waals surface area (Å²) < 4.78 is 5.93. The summed E-state index contributed by atoms with van der Waals surface area (Å²) in [4.78, 5) is 0. The van der Waals surface area contributed by atoms with Crippen LogP contribution >= 0.6 is 0 Å². The molecule has 2 heteroatoms. The highest BCUT2D eigenvalue weighted by Crippen LogP contribution is 2.16. The summed E-state index contributed by atoms with van der Waals surface area (Å²) in [6, 6.07) is 8.37. The normalized spacial score (nSPS) is 13.4. The first-order valence-electron chi connectivity index (χ1n) is 6.91. The molecule has 0 aliphatic rings. The first-order valence-corrected chi connectivity index (χ1v) is 6.91. The van der Waals surface area contributed by atoms with Crippen LogP contribution in [0, 0.1) is 0 Å². The molecule has 1 aromatic rings. The number of hydrogen-bond acceptors (Lipinski definition) is 2. The molecular weight excluding hydrogens is 222 g/mol. The van der Waals surface area contributed by atoms with E-state index in [1.165, 1.54) is 5.56 Å². The largest absolute Gasteiger partial charge is 0.491 e. The Morgan fingerprint density at radius 1 is 1.28 bits per heavy atom. The van der Waals surface area contributed by atoms with Gasteiger partial charge in [0.1, 0.15) is 5.75 Å². The molecule has 0 radical (unpaired) electrons. The van der Waals surface area contributed by atoms with E-state index >= 15 is 0 Å². The van der Waals surface area contributed by atoms with E-state index in [1.807, 2.05) is 6.07 Å². The molecule has 18 heavy (non-hydrogen) atoms. The van der Waals surface area contributed by atoms with Gasteiger partial charge in [-0.3, -0.25) is 0 Å². The van der Waals surface area contributed by atoms with Gasteiger partial charge in [0, 0.05) is 5.54 Å². The summed E-state index contributed by atoms with van der Waals surface area (Å²) in [7, 11) is 0. The van der Waals surface area contributed by atoms with Gasteiger partial charge in [-0.05, 0) is 64.8 Å². The fourth-order valence-corrected chi connectivity index (χ4v) is 1.78. The van der Waals surface area contributed by atoms with E-state index in [0.29, 0.717) is 0 Å². The molecule has 1 rings (SSSR count). The summed E-state index contributed by atoms with van der Waals surface area (Å²) in [5.74, 6) is 0.984. The second-order valence-corrected chi connectivity index (χ2v) is 5.89. The molecule has 0 amide bonds. The molecule has 0 aromatic heterocycles. The zero-order valence-electron chi connectivity index (χ0n) is 12.4. The van der Waals surface area contributed by atoms with Crippen molar-refractivity contribution in [1.82, 2.24) is 5.32 Å². The SMILES string of the molecule is CCc1cccc(OC(C)CCNC(C)(C)C)c1. The van der Waals surface area contributed by atoms with Crippen molar-refractivity contribution in [3.05, 3.63) is 29.8 Å². The number of rotatable bonds is 6. The van der Waals surface area contributed by atoms with Crippen molar-refractivity contribution in [2.24, 2.45) is 0 Å². The standard InChI is InChI=1S/C16H27NO/c1-6-14-8-7-9-15(12-14)18-13(2)10-11-17-16(3,4)5/h7-9,12-13,17H,6,10-11H2,1-5H3. The third kappa shape index (κ3) is 6.06. The van der Waals surface area contributed by atoms with Crippen LogP contribution in [0.3, 0.4) is 0 Å². The van der Waals surface area contributed by atoms with Crippen LogP contribution in [0.4, 0.5) is 0 Å². The van der Waals surface area contributed by atoms with Crippen molar-refractivity contribution in [1.29, 1.82) is 0 Å². The summed E-state index contributed by atoms with van der Waals surface area (Å²) >= 11 is 0. The van der Waals surface area contributed by atoms with E-state index in [-0.39, 0.29) is 11.6 Å². The Hall–Kier alpha value is -1.02. The van der Waals surface area contributed by atoms with E-state index in [9.17, 15) is 0 Å². The van der Waals surface area contributed by atoms with Gasteiger partial charge in [-0.1, -0.05) is 19.1 Å². The minimum absolute atomic E-state index is 0.182. The predicted molar refractivity (Wildman–Crippen MR) is 78.3 cm³/mol. The van der Waals surface area contributed by atoms with E-state index in [2.05, 4.69) is 58.1 Å². The van der Waals surface area contributed by atoms with Gasteiger partial charge in [-0.2, -0.15) is 0 Å². The van der Waals surface area contributed by atoms with Gasteiger partial charge in [0.05, 0.1) is 6.10 Å². The molecule has 0 spiro atoms. The highest BCUT2D eigenvalue weighted by molar-refractivity contribution is 5.28. The van der Waals surface area contributed by atoms with Gasteiger partial charge in [-0.15, -0.1) is 0 Å². The molecule has 0 heterocycles. The van der Waals surface area contributed by atoms with Crippen molar-refractivity contribution in [2.75, 3.05) is 6.54 Å². The van der Waals surface area contributed by atoms with E-state index in [4.69, 9.17) is 4.74 Å². The fraction of sp³-hybridized carbons (Fsp3) is 0.625. The van der Waals surface area contributed by atoms with Gasteiger partial charge in [0.15, 0.2) is 0 Å². The number of hydrogen-bond donors (Lipinski definition) is 1. The summed E-state index contributed by atoms with van der Waals surface area (Å²) in [6.45, 7) is 11.8. The number of ether oxygens (including phenoxy) is 1. The smallest absolute Gasteiger partial charge is 0.119 e. The van der Waals surface area contributed by atoms with Gasteiger partial charge in [0.2, 0.25) is 0 Å². The number of benzene rings is 1. The van der Waals surface area contributed by atoms with Crippen LogP contribution in [0.15, 0.2) is 24.3 Å². The Labute approximate surface area is 112 Å². The van der Waals surface area contributed by atoms with Gasteiger partial charge in [0.25, 0.3) is 0 Å². The molecule has 0 saturated carbocycles. The third-order valence-electron chi connectivity index (χ3n) is 2.85. The van der Waals surface area contributed by atoms with Crippen molar-refractivity contribution in [3.8, 4) is 5.75 Å². The lowest BCUT2D eigenvalue weighted by atomic mass is 10.1. The lowest BCUT2D eigenvalue weighted by Crippen LogP contribution is -2.37. The van der Waals surface area contributed by atoms with Crippen LogP contribution in [-0.2, 0) is 6.42 Å². The molecule has 1 N–H and O–H groups in total. The molecule has 1 aromatic carbocycles. The van der Waals surface area contributed by atoms with Crippen molar-refractivity contribution in [2.45, 2.75) is 59.1 Å². The number of nitrogens with one attached hydrogen (secondary N) is 1. The molecular formula is C16H27NO. The first-order chi connectivity index (χ1) is 8.40. The quantitative estimate of drug-likeness (QED) is 0.828. The summed E-state index contributed by atoms with van der Waals surface area (Å²) in [6.07, 6.45) is 2.32. The molecule has 1 atom stereocenters. The molecule has 0 saturated heterocycles. The van der Waals surface area contributed by atoms with E-state index < -0.39 is 0 Å². The predicted octanol–water partition coefficient (Wildman–Crippen LogP) is 3.79. The van der Waals surface area contributed by atoms with Gasteiger partial charge >= 0.3 is 0 Å². The van der Waals surface area contributed by atoms with Crippen molar-refractivity contribution < 1.29 is 4.74 Å². The fourth-order valence-electron chi connectivity index (χ4n) is 1.78. The second-order valence-electron chi connectivity index (χ2n) is 5.89.